The van der Waals surface area contributed by atoms with Crippen molar-refractivity contribution >= 4 is 70.4 Å². The van der Waals surface area contributed by atoms with Gasteiger partial charge in [0.2, 0.25) is 0 Å². The highest BCUT2D eigenvalue weighted by atomic mass is 127. The summed E-state index contributed by atoms with van der Waals surface area (Å²) in [5.41, 5.74) is 8.52. The van der Waals surface area contributed by atoms with Gasteiger partial charge >= 0.3 is 0 Å². The molecule has 2 rings (SSSR count). The second kappa shape index (κ2) is 6.35. The molecule has 0 aliphatic heterocycles. The van der Waals surface area contributed by atoms with Gasteiger partial charge in [-0.25, -0.2) is 0 Å². The van der Waals surface area contributed by atoms with E-state index < -0.39 is 0 Å². The molecule has 0 spiro atoms. The van der Waals surface area contributed by atoms with Crippen molar-refractivity contribution in [3.63, 3.8) is 0 Å². The fourth-order valence-electron chi connectivity index (χ4n) is 1.67. The van der Waals surface area contributed by atoms with Crippen LogP contribution in [-0.2, 0) is 0 Å². The van der Waals surface area contributed by atoms with Gasteiger partial charge in [-0.3, -0.25) is 0 Å². The molecule has 5 heteroatoms. The molecule has 1 atom stereocenters. The second-order valence-electron chi connectivity index (χ2n) is 3.81. The molecular formula is C13H9Br3IN. The van der Waals surface area contributed by atoms with E-state index in [0.29, 0.717) is 0 Å². The van der Waals surface area contributed by atoms with Crippen molar-refractivity contribution in [1.29, 1.82) is 0 Å². The minimum Gasteiger partial charge on any atom is -0.320 e. The number of rotatable bonds is 2. The molecule has 2 aromatic rings. The Kier molecular flexibility index (Phi) is 5.28. The number of halogens is 4. The summed E-state index contributed by atoms with van der Waals surface area (Å²) in [6, 6.07) is 12.1. The molecule has 1 nitrogen and oxygen atoms in total. The van der Waals surface area contributed by atoms with E-state index >= 15 is 0 Å². The van der Waals surface area contributed by atoms with Gasteiger partial charge in [0.1, 0.15) is 0 Å². The predicted octanol–water partition coefficient (Wildman–Crippen LogP) is 5.63. The normalized spacial score (nSPS) is 12.5. The van der Waals surface area contributed by atoms with E-state index in [4.69, 9.17) is 5.73 Å². The smallest absolute Gasteiger partial charge is 0.0574 e. The summed E-state index contributed by atoms with van der Waals surface area (Å²) in [7, 11) is 0. The largest absolute Gasteiger partial charge is 0.320 e. The van der Waals surface area contributed by atoms with E-state index in [2.05, 4.69) is 82.5 Å². The molecule has 0 heterocycles. The van der Waals surface area contributed by atoms with E-state index in [-0.39, 0.29) is 6.04 Å². The lowest BCUT2D eigenvalue weighted by Crippen LogP contribution is -2.13. The molecule has 0 fully saturated rings. The fourth-order valence-corrected chi connectivity index (χ4v) is 3.55. The first-order valence-electron chi connectivity index (χ1n) is 5.14. The van der Waals surface area contributed by atoms with E-state index in [1.165, 1.54) is 3.57 Å². The molecule has 0 saturated carbocycles. The first-order chi connectivity index (χ1) is 8.49. The first-order valence-corrected chi connectivity index (χ1v) is 8.60. The van der Waals surface area contributed by atoms with Crippen LogP contribution in [0.15, 0.2) is 49.8 Å². The summed E-state index contributed by atoms with van der Waals surface area (Å²) in [6.45, 7) is 0. The van der Waals surface area contributed by atoms with Crippen molar-refractivity contribution in [3.05, 3.63) is 64.5 Å². The molecule has 1 unspecified atom stereocenters. The van der Waals surface area contributed by atoms with Gasteiger partial charge in [0, 0.05) is 17.0 Å². The first kappa shape index (κ1) is 15.0. The van der Waals surface area contributed by atoms with Crippen molar-refractivity contribution in [1.82, 2.24) is 0 Å². The maximum atomic E-state index is 6.37. The Balaban J connectivity index is 2.50. The molecule has 0 aliphatic carbocycles. The highest BCUT2D eigenvalue weighted by Crippen LogP contribution is 2.33. The Morgan fingerprint density at radius 3 is 2.11 bits per heavy atom. The van der Waals surface area contributed by atoms with Gasteiger partial charge in [0.05, 0.1) is 6.04 Å². The van der Waals surface area contributed by atoms with Crippen LogP contribution in [0.25, 0.3) is 0 Å². The quantitative estimate of drug-likeness (QED) is 0.487. The highest BCUT2D eigenvalue weighted by Gasteiger charge is 2.15. The molecule has 2 aromatic carbocycles. The zero-order chi connectivity index (χ0) is 13.3. The predicted molar refractivity (Wildman–Crippen MR) is 94.7 cm³/mol. The van der Waals surface area contributed by atoms with Crippen molar-refractivity contribution in [2.45, 2.75) is 6.04 Å². The lowest BCUT2D eigenvalue weighted by molar-refractivity contribution is 0.858. The summed E-state index contributed by atoms with van der Waals surface area (Å²) in [5, 5.41) is 0. The lowest BCUT2D eigenvalue weighted by atomic mass is 10.00. The Morgan fingerprint density at radius 2 is 1.44 bits per heavy atom. The molecule has 94 valence electrons. The van der Waals surface area contributed by atoms with Crippen molar-refractivity contribution < 1.29 is 0 Å². The lowest BCUT2D eigenvalue weighted by Gasteiger charge is -2.17. The molecule has 0 bridgehead atoms. The van der Waals surface area contributed by atoms with Crippen LogP contribution in [0.2, 0.25) is 0 Å². The van der Waals surface area contributed by atoms with Crippen molar-refractivity contribution in [2.24, 2.45) is 5.73 Å². The van der Waals surface area contributed by atoms with Crippen molar-refractivity contribution in [3.8, 4) is 0 Å². The second-order valence-corrected chi connectivity index (χ2v) is 7.68. The van der Waals surface area contributed by atoms with Gasteiger partial charge in [-0.1, -0.05) is 47.8 Å². The van der Waals surface area contributed by atoms with E-state index in [9.17, 15) is 0 Å². The van der Waals surface area contributed by atoms with Gasteiger partial charge in [-0.05, 0) is 70.1 Å². The Bertz CT molecular complexity index is 535. The zero-order valence-corrected chi connectivity index (χ0v) is 16.0. The van der Waals surface area contributed by atoms with E-state index in [0.717, 1.165) is 24.5 Å². The highest BCUT2D eigenvalue weighted by molar-refractivity contribution is 14.1. The fraction of sp³-hybridized carbons (Fsp3) is 0.0769. The molecule has 0 aliphatic rings. The van der Waals surface area contributed by atoms with Crippen LogP contribution in [0.3, 0.4) is 0 Å². The van der Waals surface area contributed by atoms with Gasteiger partial charge < -0.3 is 5.73 Å². The topological polar surface area (TPSA) is 26.0 Å². The minimum atomic E-state index is -0.166. The third-order valence-corrected chi connectivity index (χ3v) is 5.19. The average molecular weight is 546 g/mol. The Hall–Kier alpha value is 0.570. The Morgan fingerprint density at radius 1 is 0.889 bits per heavy atom. The van der Waals surface area contributed by atoms with Crippen LogP contribution in [0.5, 0.6) is 0 Å². The Labute approximate surface area is 145 Å². The zero-order valence-electron chi connectivity index (χ0n) is 9.13. The molecule has 2 N–H and O–H groups in total. The van der Waals surface area contributed by atoms with Crippen LogP contribution in [0.4, 0.5) is 0 Å². The number of benzene rings is 2. The molecule has 0 saturated heterocycles. The van der Waals surface area contributed by atoms with E-state index in [1.54, 1.807) is 0 Å². The summed E-state index contributed by atoms with van der Waals surface area (Å²) >= 11 is 12.9. The van der Waals surface area contributed by atoms with E-state index in [1.807, 2.05) is 24.3 Å². The van der Waals surface area contributed by atoms with Gasteiger partial charge in [-0.15, -0.1) is 0 Å². The molecule has 0 amide bonds. The summed E-state index contributed by atoms with van der Waals surface area (Å²) < 4.78 is 4.25. The number of nitrogens with two attached hydrogens (primary N) is 1. The van der Waals surface area contributed by atoms with Crippen LogP contribution in [0.1, 0.15) is 17.2 Å². The standard InChI is InChI=1S/C13H9Br3IN/c14-7-1-3-11(15)9(5-7)13(18)10-6-8(17)2-4-12(10)16/h1-6,13H,18H2. The molecule has 0 radical (unpaired) electrons. The number of hydrogen-bond donors (Lipinski definition) is 1. The third-order valence-electron chi connectivity index (χ3n) is 2.59. The van der Waals surface area contributed by atoms with Crippen LogP contribution >= 0.6 is 70.4 Å². The van der Waals surface area contributed by atoms with Crippen LogP contribution in [0, 0.1) is 3.57 Å². The maximum Gasteiger partial charge on any atom is 0.0574 e. The van der Waals surface area contributed by atoms with Gasteiger partial charge in [-0.2, -0.15) is 0 Å². The van der Waals surface area contributed by atoms with Gasteiger partial charge in [0.15, 0.2) is 0 Å². The maximum absolute atomic E-state index is 6.37. The monoisotopic (exact) mass is 543 g/mol. The third kappa shape index (κ3) is 3.36. The van der Waals surface area contributed by atoms with Crippen LogP contribution in [-0.4, -0.2) is 0 Å². The number of hydrogen-bond acceptors (Lipinski definition) is 1. The summed E-state index contributed by atoms with van der Waals surface area (Å²) in [5.74, 6) is 0. The summed E-state index contributed by atoms with van der Waals surface area (Å²) in [6.07, 6.45) is 0. The minimum absolute atomic E-state index is 0.166. The van der Waals surface area contributed by atoms with Gasteiger partial charge in [0.25, 0.3) is 0 Å². The summed E-state index contributed by atoms with van der Waals surface area (Å²) in [4.78, 5) is 0. The molecule has 0 aromatic heterocycles. The van der Waals surface area contributed by atoms with Crippen LogP contribution < -0.4 is 5.73 Å². The molecule has 18 heavy (non-hydrogen) atoms. The van der Waals surface area contributed by atoms with Crippen molar-refractivity contribution in [2.75, 3.05) is 0 Å². The molecular weight excluding hydrogens is 537 g/mol. The average Bonchev–Trinajstić information content (AvgIpc) is 2.34. The SMILES string of the molecule is NC(c1cc(Br)ccc1Br)c1cc(I)ccc1Br.